The molecule has 0 spiro atoms. The van der Waals surface area contributed by atoms with Gasteiger partial charge >= 0.3 is 0 Å². The topological polar surface area (TPSA) is 78.0 Å². The summed E-state index contributed by atoms with van der Waals surface area (Å²) in [6, 6.07) is 1.71. The molecule has 0 saturated heterocycles. The summed E-state index contributed by atoms with van der Waals surface area (Å²) in [5.74, 6) is -0.148. The second-order valence-corrected chi connectivity index (χ2v) is 6.04. The first-order chi connectivity index (χ1) is 9.51. The van der Waals surface area contributed by atoms with Gasteiger partial charge in [-0.3, -0.25) is 4.79 Å². The third-order valence-electron chi connectivity index (χ3n) is 3.34. The molecule has 108 valence electrons. The molecule has 0 aromatic carbocycles. The van der Waals surface area contributed by atoms with Crippen molar-refractivity contribution in [1.29, 1.82) is 0 Å². The van der Waals surface area contributed by atoms with Crippen molar-refractivity contribution in [3.63, 3.8) is 0 Å². The number of nitrogens with one attached hydrogen (secondary N) is 2. The molecule has 5 nitrogen and oxygen atoms in total. The van der Waals surface area contributed by atoms with E-state index < -0.39 is 0 Å². The van der Waals surface area contributed by atoms with Gasteiger partial charge in [-0.1, -0.05) is 6.92 Å². The van der Waals surface area contributed by atoms with E-state index in [2.05, 4.69) is 15.3 Å². The Balaban J connectivity index is 2.07. The third-order valence-corrected chi connectivity index (χ3v) is 4.12. The fourth-order valence-corrected chi connectivity index (χ4v) is 2.38. The van der Waals surface area contributed by atoms with Crippen LogP contribution in [0.3, 0.4) is 0 Å². The molecule has 0 fully saturated rings. The SMILES string of the molecule is Cc1nc(-c2c[nH]c(C(=O)NC(C)C(C)CO)c2)cs1. The summed E-state index contributed by atoms with van der Waals surface area (Å²) in [4.78, 5) is 19.4. The maximum Gasteiger partial charge on any atom is 0.267 e. The number of hydrogen-bond acceptors (Lipinski definition) is 4. The van der Waals surface area contributed by atoms with E-state index in [0.29, 0.717) is 5.69 Å². The highest BCUT2D eigenvalue weighted by Crippen LogP contribution is 2.22. The Hall–Kier alpha value is -1.66. The maximum absolute atomic E-state index is 12.1. The Morgan fingerprint density at radius 3 is 2.90 bits per heavy atom. The lowest BCUT2D eigenvalue weighted by atomic mass is 10.1. The second kappa shape index (κ2) is 6.19. The molecule has 2 aromatic heterocycles. The van der Waals surface area contributed by atoms with Crippen molar-refractivity contribution >= 4 is 17.2 Å². The van der Waals surface area contributed by atoms with Crippen molar-refractivity contribution in [1.82, 2.24) is 15.3 Å². The van der Waals surface area contributed by atoms with Gasteiger partial charge in [-0.15, -0.1) is 11.3 Å². The molecule has 2 aromatic rings. The molecule has 0 radical (unpaired) electrons. The van der Waals surface area contributed by atoms with Crippen LogP contribution in [-0.4, -0.2) is 33.6 Å². The molecule has 0 aliphatic carbocycles. The zero-order valence-corrected chi connectivity index (χ0v) is 12.6. The number of carbonyl (C=O) groups excluding carboxylic acids is 1. The van der Waals surface area contributed by atoms with Crippen LogP contribution in [0.15, 0.2) is 17.6 Å². The summed E-state index contributed by atoms with van der Waals surface area (Å²) in [6.07, 6.45) is 1.78. The van der Waals surface area contributed by atoms with Crippen LogP contribution in [-0.2, 0) is 0 Å². The summed E-state index contributed by atoms with van der Waals surface area (Å²) in [5.41, 5.74) is 2.28. The van der Waals surface area contributed by atoms with Gasteiger partial charge in [0.05, 0.1) is 10.7 Å². The number of hydrogen-bond donors (Lipinski definition) is 3. The van der Waals surface area contributed by atoms with Crippen LogP contribution in [0.25, 0.3) is 11.3 Å². The average Bonchev–Trinajstić information content (AvgIpc) is 3.05. The summed E-state index contributed by atoms with van der Waals surface area (Å²) in [6.45, 7) is 5.78. The van der Waals surface area contributed by atoms with Gasteiger partial charge in [-0.05, 0) is 25.8 Å². The van der Waals surface area contributed by atoms with Gasteiger partial charge in [-0.25, -0.2) is 4.98 Å². The number of aryl methyl sites for hydroxylation is 1. The van der Waals surface area contributed by atoms with Gasteiger partial charge in [0, 0.05) is 29.8 Å². The van der Waals surface area contributed by atoms with Crippen LogP contribution in [0.5, 0.6) is 0 Å². The number of H-pyrrole nitrogens is 1. The molecule has 0 saturated carbocycles. The number of aliphatic hydroxyl groups is 1. The fraction of sp³-hybridized carbons (Fsp3) is 0.429. The van der Waals surface area contributed by atoms with E-state index in [9.17, 15) is 4.79 Å². The number of carbonyl (C=O) groups is 1. The first-order valence-electron chi connectivity index (χ1n) is 6.54. The van der Waals surface area contributed by atoms with Crippen LogP contribution < -0.4 is 5.32 Å². The van der Waals surface area contributed by atoms with Gasteiger partial charge < -0.3 is 15.4 Å². The van der Waals surface area contributed by atoms with E-state index in [0.717, 1.165) is 16.3 Å². The Bertz CT molecular complexity index is 591. The first-order valence-corrected chi connectivity index (χ1v) is 7.42. The first kappa shape index (κ1) is 14.7. The van der Waals surface area contributed by atoms with Crippen molar-refractivity contribution in [2.45, 2.75) is 26.8 Å². The zero-order valence-electron chi connectivity index (χ0n) is 11.8. The summed E-state index contributed by atoms with van der Waals surface area (Å²) in [5, 5.41) is 14.9. The number of aliphatic hydroxyl groups excluding tert-OH is 1. The molecule has 2 heterocycles. The smallest absolute Gasteiger partial charge is 0.267 e. The third kappa shape index (κ3) is 3.26. The van der Waals surface area contributed by atoms with Gasteiger partial charge in [0.25, 0.3) is 5.91 Å². The minimum absolute atomic E-state index is 0.0228. The Kier molecular flexibility index (Phi) is 4.57. The van der Waals surface area contributed by atoms with Crippen LogP contribution in [0.2, 0.25) is 0 Å². The largest absolute Gasteiger partial charge is 0.396 e. The van der Waals surface area contributed by atoms with Gasteiger partial charge in [0.1, 0.15) is 5.69 Å². The fourth-order valence-electron chi connectivity index (χ4n) is 1.75. The van der Waals surface area contributed by atoms with Crippen molar-refractivity contribution in [2.24, 2.45) is 5.92 Å². The molecule has 0 bridgehead atoms. The summed E-state index contributed by atoms with van der Waals surface area (Å²) >= 11 is 1.58. The molecule has 6 heteroatoms. The molecule has 1 amide bonds. The molecule has 0 aliphatic rings. The Morgan fingerprint density at radius 1 is 1.55 bits per heavy atom. The number of nitrogens with zero attached hydrogens (tertiary/aromatic N) is 1. The van der Waals surface area contributed by atoms with Crippen molar-refractivity contribution in [3.05, 3.63) is 28.3 Å². The van der Waals surface area contributed by atoms with E-state index in [4.69, 9.17) is 5.11 Å². The molecule has 3 N–H and O–H groups in total. The van der Waals surface area contributed by atoms with E-state index in [1.54, 1.807) is 23.6 Å². The van der Waals surface area contributed by atoms with Gasteiger partial charge in [0.2, 0.25) is 0 Å². The van der Waals surface area contributed by atoms with E-state index in [1.807, 2.05) is 26.2 Å². The highest BCUT2D eigenvalue weighted by Gasteiger charge is 2.16. The lowest BCUT2D eigenvalue weighted by Crippen LogP contribution is -2.38. The summed E-state index contributed by atoms with van der Waals surface area (Å²) in [7, 11) is 0. The lowest BCUT2D eigenvalue weighted by molar-refractivity contribution is 0.0912. The van der Waals surface area contributed by atoms with Crippen molar-refractivity contribution in [2.75, 3.05) is 6.61 Å². The number of amides is 1. The monoisotopic (exact) mass is 293 g/mol. The molecular weight excluding hydrogens is 274 g/mol. The Morgan fingerprint density at radius 2 is 2.30 bits per heavy atom. The number of aromatic nitrogens is 2. The molecule has 2 atom stereocenters. The van der Waals surface area contributed by atoms with Crippen LogP contribution in [0, 0.1) is 12.8 Å². The second-order valence-electron chi connectivity index (χ2n) is 4.98. The standard InChI is InChI=1S/C14H19N3O2S/c1-8(6-18)9(2)16-14(19)12-4-11(5-15-12)13-7-20-10(3)17-13/h4-5,7-9,15,18H,6H2,1-3H3,(H,16,19). The van der Waals surface area contributed by atoms with E-state index >= 15 is 0 Å². The molecule has 0 aliphatic heterocycles. The predicted molar refractivity (Wildman–Crippen MR) is 79.8 cm³/mol. The quantitative estimate of drug-likeness (QED) is 0.790. The van der Waals surface area contributed by atoms with Crippen LogP contribution in [0.1, 0.15) is 29.3 Å². The number of thiazole rings is 1. The molecule has 2 unspecified atom stereocenters. The summed E-state index contributed by atoms with van der Waals surface area (Å²) < 4.78 is 0. The highest BCUT2D eigenvalue weighted by atomic mass is 32.1. The van der Waals surface area contributed by atoms with Gasteiger partial charge in [-0.2, -0.15) is 0 Å². The zero-order chi connectivity index (χ0) is 14.7. The molecular formula is C14H19N3O2S. The van der Waals surface area contributed by atoms with E-state index in [1.165, 1.54) is 0 Å². The minimum atomic E-state index is -0.170. The number of rotatable bonds is 5. The predicted octanol–water partition coefficient (Wildman–Crippen LogP) is 2.19. The van der Waals surface area contributed by atoms with E-state index in [-0.39, 0.29) is 24.5 Å². The Labute approximate surface area is 122 Å². The highest BCUT2D eigenvalue weighted by molar-refractivity contribution is 7.09. The lowest BCUT2D eigenvalue weighted by Gasteiger charge is -2.18. The average molecular weight is 293 g/mol. The minimum Gasteiger partial charge on any atom is -0.396 e. The van der Waals surface area contributed by atoms with Crippen molar-refractivity contribution < 1.29 is 9.90 Å². The number of aromatic amines is 1. The maximum atomic E-state index is 12.1. The van der Waals surface area contributed by atoms with Crippen molar-refractivity contribution in [3.8, 4) is 11.3 Å². The van der Waals surface area contributed by atoms with Crippen LogP contribution >= 0.6 is 11.3 Å². The van der Waals surface area contributed by atoms with Gasteiger partial charge in [0.15, 0.2) is 0 Å². The molecule has 20 heavy (non-hydrogen) atoms. The molecule has 2 rings (SSSR count). The normalized spacial score (nSPS) is 14.0. The van der Waals surface area contributed by atoms with Crippen LogP contribution in [0.4, 0.5) is 0 Å².